The van der Waals surface area contributed by atoms with Crippen molar-refractivity contribution in [3.05, 3.63) is 65.2 Å². The summed E-state index contributed by atoms with van der Waals surface area (Å²) < 4.78 is 26.9. The van der Waals surface area contributed by atoms with Crippen molar-refractivity contribution in [2.24, 2.45) is 0 Å². The molecule has 1 amide bonds. The fourth-order valence-corrected chi connectivity index (χ4v) is 2.76. The van der Waals surface area contributed by atoms with Gasteiger partial charge in [0.1, 0.15) is 11.6 Å². The number of thioether (sulfide) groups is 1. The number of carbonyl (C=O) groups excluding carboxylic acids is 1. The highest BCUT2D eigenvalue weighted by Crippen LogP contribution is 2.20. The number of benzene rings is 2. The van der Waals surface area contributed by atoms with Crippen LogP contribution in [0.1, 0.15) is 29.8 Å². The van der Waals surface area contributed by atoms with Crippen LogP contribution >= 0.6 is 11.8 Å². The highest BCUT2D eigenvalue weighted by atomic mass is 32.2. The summed E-state index contributed by atoms with van der Waals surface area (Å²) in [7, 11) is 0. The molecule has 0 saturated heterocycles. The predicted octanol–water partition coefficient (Wildman–Crippen LogP) is 4.74. The molecule has 0 aliphatic rings. The molecular weight excluding hydrogens is 316 g/mol. The first-order valence-electron chi connectivity index (χ1n) is 7.31. The quantitative estimate of drug-likeness (QED) is 0.736. The maximum Gasteiger partial charge on any atom is 0.257 e. The standard InChI is InChI=1S/C18H19F2NOS/c1-12(2)21(11-13-5-4-6-15(9-13)23-3)18(22)16-8-7-14(19)10-17(16)20/h4-10,12H,11H2,1-3H3. The summed E-state index contributed by atoms with van der Waals surface area (Å²) in [4.78, 5) is 15.3. The van der Waals surface area contributed by atoms with Crippen molar-refractivity contribution >= 4 is 17.7 Å². The summed E-state index contributed by atoms with van der Waals surface area (Å²) in [5, 5.41) is 0. The lowest BCUT2D eigenvalue weighted by atomic mass is 10.1. The Bertz CT molecular complexity index is 703. The van der Waals surface area contributed by atoms with Gasteiger partial charge in [-0.25, -0.2) is 8.78 Å². The molecule has 2 aromatic rings. The Morgan fingerprint density at radius 1 is 1.17 bits per heavy atom. The zero-order valence-corrected chi connectivity index (χ0v) is 14.2. The van der Waals surface area contributed by atoms with Crippen LogP contribution in [0.15, 0.2) is 47.4 Å². The van der Waals surface area contributed by atoms with Gasteiger partial charge in [0.25, 0.3) is 5.91 Å². The normalized spacial score (nSPS) is 10.9. The summed E-state index contributed by atoms with van der Waals surface area (Å²) >= 11 is 1.62. The Kier molecular flexibility index (Phi) is 5.77. The summed E-state index contributed by atoms with van der Waals surface area (Å²) in [5.41, 5.74) is 0.863. The van der Waals surface area contributed by atoms with Crippen molar-refractivity contribution in [2.45, 2.75) is 31.3 Å². The first kappa shape index (κ1) is 17.5. The number of hydrogen-bond donors (Lipinski definition) is 0. The molecule has 5 heteroatoms. The number of halogens is 2. The van der Waals surface area contributed by atoms with Gasteiger partial charge in [-0.3, -0.25) is 4.79 Å². The van der Waals surface area contributed by atoms with Gasteiger partial charge < -0.3 is 4.90 Å². The van der Waals surface area contributed by atoms with Crippen molar-refractivity contribution in [1.82, 2.24) is 4.90 Å². The first-order chi connectivity index (χ1) is 10.9. The largest absolute Gasteiger partial charge is 0.332 e. The monoisotopic (exact) mass is 335 g/mol. The van der Waals surface area contributed by atoms with Gasteiger partial charge >= 0.3 is 0 Å². The van der Waals surface area contributed by atoms with Gasteiger partial charge in [0, 0.05) is 23.5 Å². The van der Waals surface area contributed by atoms with E-state index in [1.165, 1.54) is 6.07 Å². The fraction of sp³-hybridized carbons (Fsp3) is 0.278. The Balaban J connectivity index is 2.28. The molecule has 0 radical (unpaired) electrons. The second-order valence-corrected chi connectivity index (χ2v) is 6.38. The lowest BCUT2D eigenvalue weighted by Gasteiger charge is -2.27. The van der Waals surface area contributed by atoms with Crippen molar-refractivity contribution in [3.63, 3.8) is 0 Å². The lowest BCUT2D eigenvalue weighted by molar-refractivity contribution is 0.0685. The molecule has 0 bridgehead atoms. The molecule has 2 rings (SSSR count). The van der Waals surface area contributed by atoms with Gasteiger partial charge in [-0.05, 0) is 49.9 Å². The van der Waals surface area contributed by atoms with Crippen LogP contribution in [0.3, 0.4) is 0 Å². The van der Waals surface area contributed by atoms with E-state index in [4.69, 9.17) is 0 Å². The maximum absolute atomic E-state index is 13.9. The van der Waals surface area contributed by atoms with E-state index in [1.54, 1.807) is 16.7 Å². The van der Waals surface area contributed by atoms with E-state index in [0.29, 0.717) is 6.54 Å². The Labute approximate surface area is 139 Å². The van der Waals surface area contributed by atoms with E-state index in [0.717, 1.165) is 22.6 Å². The third kappa shape index (κ3) is 4.32. The summed E-state index contributed by atoms with van der Waals surface area (Å²) in [5.74, 6) is -1.96. The minimum absolute atomic E-state index is 0.107. The number of nitrogens with zero attached hydrogens (tertiary/aromatic N) is 1. The molecule has 0 saturated carbocycles. The van der Waals surface area contributed by atoms with Crippen LogP contribution in [0, 0.1) is 11.6 Å². The maximum atomic E-state index is 13.9. The molecule has 2 aromatic carbocycles. The molecule has 0 aliphatic heterocycles. The van der Waals surface area contributed by atoms with E-state index in [-0.39, 0.29) is 11.6 Å². The van der Waals surface area contributed by atoms with E-state index in [1.807, 2.05) is 44.4 Å². The van der Waals surface area contributed by atoms with Gasteiger partial charge in [-0.1, -0.05) is 12.1 Å². The first-order valence-corrected chi connectivity index (χ1v) is 8.53. The molecule has 2 nitrogen and oxygen atoms in total. The lowest BCUT2D eigenvalue weighted by Crippen LogP contribution is -2.36. The highest BCUT2D eigenvalue weighted by molar-refractivity contribution is 7.98. The van der Waals surface area contributed by atoms with Gasteiger partial charge in [-0.15, -0.1) is 11.8 Å². The summed E-state index contributed by atoms with van der Waals surface area (Å²) in [6.45, 7) is 4.12. The van der Waals surface area contributed by atoms with Gasteiger partial charge in [0.2, 0.25) is 0 Å². The zero-order chi connectivity index (χ0) is 17.0. The van der Waals surface area contributed by atoms with Crippen LogP contribution < -0.4 is 0 Å². The molecule has 0 aliphatic carbocycles. The van der Waals surface area contributed by atoms with Gasteiger partial charge in [-0.2, -0.15) is 0 Å². The SMILES string of the molecule is CSc1cccc(CN(C(=O)c2ccc(F)cc2F)C(C)C)c1. The number of hydrogen-bond acceptors (Lipinski definition) is 2. The third-order valence-electron chi connectivity index (χ3n) is 3.53. The summed E-state index contributed by atoms with van der Waals surface area (Å²) in [6.07, 6.45) is 1.98. The minimum atomic E-state index is -0.835. The van der Waals surface area contributed by atoms with Crippen LogP contribution in [0.5, 0.6) is 0 Å². The number of carbonyl (C=O) groups is 1. The average molecular weight is 335 g/mol. The van der Waals surface area contributed by atoms with Crippen LogP contribution in [0.2, 0.25) is 0 Å². The second kappa shape index (κ2) is 7.59. The molecular formula is C18H19F2NOS. The molecule has 0 unspecified atom stereocenters. The van der Waals surface area contributed by atoms with E-state index in [2.05, 4.69) is 0 Å². The van der Waals surface area contributed by atoms with E-state index in [9.17, 15) is 13.6 Å². The molecule has 122 valence electrons. The van der Waals surface area contributed by atoms with Gasteiger partial charge in [0.15, 0.2) is 0 Å². The van der Waals surface area contributed by atoms with Crippen molar-refractivity contribution < 1.29 is 13.6 Å². The number of rotatable bonds is 5. The van der Waals surface area contributed by atoms with Crippen LogP contribution in [0.4, 0.5) is 8.78 Å². The van der Waals surface area contributed by atoms with E-state index >= 15 is 0 Å². The Morgan fingerprint density at radius 2 is 1.91 bits per heavy atom. The van der Waals surface area contributed by atoms with Crippen molar-refractivity contribution in [1.29, 1.82) is 0 Å². The van der Waals surface area contributed by atoms with Crippen molar-refractivity contribution in [3.8, 4) is 0 Å². The Morgan fingerprint density at radius 3 is 2.52 bits per heavy atom. The zero-order valence-electron chi connectivity index (χ0n) is 13.3. The molecule has 0 fully saturated rings. The number of amides is 1. The molecule has 0 N–H and O–H groups in total. The molecule has 0 atom stereocenters. The fourth-order valence-electron chi connectivity index (χ4n) is 2.27. The van der Waals surface area contributed by atoms with Crippen LogP contribution in [-0.4, -0.2) is 23.1 Å². The Hall–Kier alpha value is -1.88. The van der Waals surface area contributed by atoms with Crippen molar-refractivity contribution in [2.75, 3.05) is 6.26 Å². The summed E-state index contributed by atoms with van der Waals surface area (Å²) in [6, 6.07) is 10.8. The predicted molar refractivity (Wildman–Crippen MR) is 89.6 cm³/mol. The molecule has 0 spiro atoms. The van der Waals surface area contributed by atoms with Crippen LogP contribution in [-0.2, 0) is 6.54 Å². The third-order valence-corrected chi connectivity index (χ3v) is 4.26. The molecule has 23 heavy (non-hydrogen) atoms. The highest BCUT2D eigenvalue weighted by Gasteiger charge is 2.22. The smallest absolute Gasteiger partial charge is 0.257 e. The van der Waals surface area contributed by atoms with Crippen LogP contribution in [0.25, 0.3) is 0 Å². The van der Waals surface area contributed by atoms with Gasteiger partial charge in [0.05, 0.1) is 5.56 Å². The minimum Gasteiger partial charge on any atom is -0.332 e. The van der Waals surface area contributed by atoms with E-state index < -0.39 is 17.5 Å². The molecule has 0 heterocycles. The second-order valence-electron chi connectivity index (χ2n) is 5.50. The average Bonchev–Trinajstić information content (AvgIpc) is 2.52. The topological polar surface area (TPSA) is 20.3 Å². The molecule has 0 aromatic heterocycles.